The van der Waals surface area contributed by atoms with E-state index in [0.29, 0.717) is 15.6 Å². The molecule has 0 aliphatic heterocycles. The molecule has 0 saturated heterocycles. The molecule has 0 heterocycles. The van der Waals surface area contributed by atoms with Crippen molar-refractivity contribution < 1.29 is 22.4 Å². The number of halogens is 3. The summed E-state index contributed by atoms with van der Waals surface area (Å²) in [6.45, 7) is 2.56. The first-order valence-corrected chi connectivity index (χ1v) is 16.0. The minimum absolute atomic E-state index is 0.00148. The largest absolute Gasteiger partial charge is 0.352 e. The van der Waals surface area contributed by atoms with E-state index in [1.807, 2.05) is 6.92 Å². The van der Waals surface area contributed by atoms with Crippen LogP contribution in [-0.2, 0) is 26.2 Å². The van der Waals surface area contributed by atoms with Crippen molar-refractivity contribution in [1.29, 1.82) is 0 Å². The Morgan fingerprint density at radius 2 is 1.67 bits per heavy atom. The number of amides is 2. The van der Waals surface area contributed by atoms with E-state index in [-0.39, 0.29) is 29.1 Å². The molecule has 1 unspecified atom stereocenters. The summed E-state index contributed by atoms with van der Waals surface area (Å²) in [5.74, 6) is -1.87. The minimum atomic E-state index is -4.38. The number of nitrogens with one attached hydrogen (secondary N) is 1. The Morgan fingerprint density at radius 3 is 2.31 bits per heavy atom. The fourth-order valence-electron chi connectivity index (χ4n) is 4.99. The number of hydrogen-bond acceptors (Lipinski definition) is 4. The van der Waals surface area contributed by atoms with Crippen LogP contribution in [0.2, 0.25) is 10.0 Å². The van der Waals surface area contributed by atoms with Gasteiger partial charge in [-0.3, -0.25) is 13.9 Å². The number of anilines is 1. The van der Waals surface area contributed by atoms with Gasteiger partial charge in [0.1, 0.15) is 18.4 Å². The van der Waals surface area contributed by atoms with Crippen molar-refractivity contribution >= 4 is 50.7 Å². The molecule has 1 aliphatic carbocycles. The second kappa shape index (κ2) is 13.9. The maximum atomic E-state index is 15.1. The van der Waals surface area contributed by atoms with Crippen molar-refractivity contribution in [2.24, 2.45) is 0 Å². The molecule has 7 nitrogen and oxygen atoms in total. The highest BCUT2D eigenvalue weighted by Crippen LogP contribution is 2.28. The van der Waals surface area contributed by atoms with Crippen LogP contribution in [-0.4, -0.2) is 43.8 Å². The molecule has 3 aromatic rings. The molecule has 224 valence electrons. The zero-order valence-electron chi connectivity index (χ0n) is 23.5. The molecule has 1 N–H and O–H groups in total. The van der Waals surface area contributed by atoms with Gasteiger partial charge in [0.15, 0.2) is 0 Å². The van der Waals surface area contributed by atoms with Gasteiger partial charge >= 0.3 is 0 Å². The van der Waals surface area contributed by atoms with Crippen LogP contribution in [0.5, 0.6) is 0 Å². The molecule has 2 amide bonds. The summed E-state index contributed by atoms with van der Waals surface area (Å²) in [6.07, 6.45) is 4.84. The average Bonchev–Trinajstić information content (AvgIpc) is 2.96. The molecule has 42 heavy (non-hydrogen) atoms. The number of para-hydroxylation sites is 1. The molecule has 0 aromatic heterocycles. The highest BCUT2D eigenvalue weighted by molar-refractivity contribution is 7.92. The SMILES string of the molecule is Cc1ccc(S(=O)(=O)N(CC(=O)N(Cc2ccc(Cl)cc2Cl)C(C)C(=O)NC2CCCCC2)c2ccccc2F)cc1. The van der Waals surface area contributed by atoms with Gasteiger partial charge in [0.25, 0.3) is 10.0 Å². The topological polar surface area (TPSA) is 86.8 Å². The van der Waals surface area contributed by atoms with Gasteiger partial charge in [-0.25, -0.2) is 12.8 Å². The van der Waals surface area contributed by atoms with Gasteiger partial charge in [-0.1, -0.05) is 78.4 Å². The standard InChI is InChI=1S/C31H34Cl2FN3O4S/c1-21-12-16-26(17-13-21)42(40,41)37(29-11-7-6-10-28(29)34)20-30(38)36(19-23-14-15-24(32)18-27(23)33)22(2)31(39)35-25-8-4-3-5-9-25/h6-7,10-18,22,25H,3-5,8-9,19-20H2,1-2H3,(H,35,39). The Hall–Kier alpha value is -3.14. The Bertz CT molecular complexity index is 1530. The van der Waals surface area contributed by atoms with Crippen LogP contribution in [0, 0.1) is 12.7 Å². The van der Waals surface area contributed by atoms with E-state index in [9.17, 15) is 18.0 Å². The molecule has 4 rings (SSSR count). The van der Waals surface area contributed by atoms with Crippen molar-refractivity contribution in [1.82, 2.24) is 10.2 Å². The lowest BCUT2D eigenvalue weighted by molar-refractivity contribution is -0.139. The first-order chi connectivity index (χ1) is 20.0. The molecule has 1 fully saturated rings. The molecule has 11 heteroatoms. The van der Waals surface area contributed by atoms with Gasteiger partial charge in [-0.05, 0) is 68.7 Å². The van der Waals surface area contributed by atoms with Crippen LogP contribution in [0.25, 0.3) is 0 Å². The second-order valence-electron chi connectivity index (χ2n) is 10.6. The van der Waals surface area contributed by atoms with E-state index in [2.05, 4.69) is 5.32 Å². The van der Waals surface area contributed by atoms with E-state index in [4.69, 9.17) is 23.2 Å². The number of benzene rings is 3. The summed E-state index contributed by atoms with van der Waals surface area (Å²) in [6, 6.07) is 15.2. The molecule has 0 spiro atoms. The number of sulfonamides is 1. The predicted molar refractivity (Wildman–Crippen MR) is 164 cm³/mol. The maximum absolute atomic E-state index is 15.1. The van der Waals surface area contributed by atoms with Crippen molar-refractivity contribution in [2.75, 3.05) is 10.8 Å². The molecule has 1 aliphatic rings. The number of aryl methyl sites for hydroxylation is 1. The number of carbonyl (C=O) groups excluding carboxylic acids is 2. The zero-order valence-corrected chi connectivity index (χ0v) is 25.9. The third-order valence-electron chi connectivity index (χ3n) is 7.48. The van der Waals surface area contributed by atoms with Gasteiger partial charge < -0.3 is 10.2 Å². The van der Waals surface area contributed by atoms with E-state index in [1.165, 1.54) is 41.3 Å². The summed E-state index contributed by atoms with van der Waals surface area (Å²) in [5, 5.41) is 3.73. The molecular formula is C31H34Cl2FN3O4S. The van der Waals surface area contributed by atoms with Crippen LogP contribution >= 0.6 is 23.2 Å². The normalized spacial score (nSPS) is 14.7. The molecule has 3 aromatic carbocycles. The fraction of sp³-hybridized carbons (Fsp3) is 0.355. The van der Waals surface area contributed by atoms with E-state index in [1.54, 1.807) is 31.2 Å². The molecule has 0 bridgehead atoms. The summed E-state index contributed by atoms with van der Waals surface area (Å²) < 4.78 is 43.5. The summed E-state index contributed by atoms with van der Waals surface area (Å²) in [7, 11) is -4.38. The molecular weight excluding hydrogens is 600 g/mol. The van der Waals surface area contributed by atoms with E-state index >= 15 is 4.39 Å². The molecule has 0 radical (unpaired) electrons. The fourth-order valence-corrected chi connectivity index (χ4v) is 6.88. The first-order valence-electron chi connectivity index (χ1n) is 13.8. The lowest BCUT2D eigenvalue weighted by Crippen LogP contribution is -2.53. The Labute approximate surface area is 256 Å². The van der Waals surface area contributed by atoms with Crippen molar-refractivity contribution in [2.45, 2.75) is 69.5 Å². The summed E-state index contributed by atoms with van der Waals surface area (Å²) in [5.41, 5.74) is 1.08. The van der Waals surface area contributed by atoms with Crippen LogP contribution in [0.15, 0.2) is 71.6 Å². The second-order valence-corrected chi connectivity index (χ2v) is 13.3. The van der Waals surface area contributed by atoms with Crippen LogP contribution in [0.1, 0.15) is 50.2 Å². The van der Waals surface area contributed by atoms with Gasteiger partial charge in [-0.15, -0.1) is 0 Å². The average molecular weight is 635 g/mol. The van der Waals surface area contributed by atoms with Crippen molar-refractivity contribution in [3.05, 3.63) is 93.7 Å². The van der Waals surface area contributed by atoms with Gasteiger partial charge in [0.05, 0.1) is 10.6 Å². The van der Waals surface area contributed by atoms with E-state index < -0.39 is 34.3 Å². The van der Waals surface area contributed by atoms with Gasteiger partial charge in [0, 0.05) is 22.6 Å². The number of carbonyl (C=O) groups is 2. The minimum Gasteiger partial charge on any atom is -0.352 e. The number of nitrogens with zero attached hydrogens (tertiary/aromatic N) is 2. The number of rotatable bonds is 10. The summed E-state index contributed by atoms with van der Waals surface area (Å²) >= 11 is 12.5. The Kier molecular flexibility index (Phi) is 10.5. The predicted octanol–water partition coefficient (Wildman–Crippen LogP) is 6.50. The first kappa shape index (κ1) is 31.8. The van der Waals surface area contributed by atoms with Gasteiger partial charge in [-0.2, -0.15) is 0 Å². The van der Waals surface area contributed by atoms with Crippen molar-refractivity contribution in [3.8, 4) is 0 Å². The van der Waals surface area contributed by atoms with Crippen LogP contribution in [0.4, 0.5) is 10.1 Å². The third kappa shape index (κ3) is 7.62. The number of hydrogen-bond donors (Lipinski definition) is 1. The molecule has 1 saturated carbocycles. The van der Waals surface area contributed by atoms with Crippen LogP contribution in [0.3, 0.4) is 0 Å². The monoisotopic (exact) mass is 633 g/mol. The highest BCUT2D eigenvalue weighted by atomic mass is 35.5. The van der Waals surface area contributed by atoms with Crippen molar-refractivity contribution in [3.63, 3.8) is 0 Å². The van der Waals surface area contributed by atoms with Crippen LogP contribution < -0.4 is 9.62 Å². The smallest absolute Gasteiger partial charge is 0.264 e. The highest BCUT2D eigenvalue weighted by Gasteiger charge is 2.34. The Morgan fingerprint density at radius 1 is 1.00 bits per heavy atom. The zero-order chi connectivity index (χ0) is 30.4. The van der Waals surface area contributed by atoms with Gasteiger partial charge in [0.2, 0.25) is 11.8 Å². The van der Waals surface area contributed by atoms with E-state index in [0.717, 1.165) is 48.0 Å². The lowest BCUT2D eigenvalue weighted by atomic mass is 9.95. The maximum Gasteiger partial charge on any atom is 0.264 e. The quantitative estimate of drug-likeness (QED) is 0.276. The Balaban J connectivity index is 1.70. The molecule has 1 atom stereocenters. The summed E-state index contributed by atoms with van der Waals surface area (Å²) in [4.78, 5) is 28.6. The lowest BCUT2D eigenvalue weighted by Gasteiger charge is -2.33. The third-order valence-corrected chi connectivity index (χ3v) is 9.84.